The Labute approximate surface area is 188 Å². The van der Waals surface area contributed by atoms with Crippen LogP contribution >= 0.6 is 35.6 Å². The van der Waals surface area contributed by atoms with E-state index in [-0.39, 0.29) is 29.4 Å². The Morgan fingerprint density at radius 2 is 2.11 bits per heavy atom. The number of hydrogen-bond donors (Lipinski definition) is 2. The third kappa shape index (κ3) is 4.79. The highest BCUT2D eigenvalue weighted by Gasteiger charge is 2.44. The largest absolute Gasteiger partial charge is 0.357 e. The summed E-state index contributed by atoms with van der Waals surface area (Å²) in [4.78, 5) is 4.75. The average Bonchev–Trinajstić information content (AvgIpc) is 3.37. The predicted molar refractivity (Wildman–Crippen MR) is 124 cm³/mol. The van der Waals surface area contributed by atoms with Gasteiger partial charge in [0, 0.05) is 36.5 Å². The number of nitrogens with one attached hydrogen (secondary N) is 2. The van der Waals surface area contributed by atoms with Gasteiger partial charge in [-0.2, -0.15) is 0 Å². The van der Waals surface area contributed by atoms with Gasteiger partial charge in [-0.1, -0.05) is 23.7 Å². The first kappa shape index (κ1) is 21.4. The van der Waals surface area contributed by atoms with Crippen LogP contribution < -0.4 is 10.6 Å². The summed E-state index contributed by atoms with van der Waals surface area (Å²) >= 11 is 6.18. The third-order valence-corrected chi connectivity index (χ3v) is 5.78. The second-order valence-electron chi connectivity index (χ2n) is 7.48. The summed E-state index contributed by atoms with van der Waals surface area (Å²) in [5, 5.41) is 16.3. The van der Waals surface area contributed by atoms with Crippen molar-refractivity contribution < 1.29 is 0 Å². The van der Waals surface area contributed by atoms with Crippen LogP contribution in [-0.4, -0.2) is 33.8 Å². The minimum absolute atomic E-state index is 0. The molecule has 0 bridgehead atoms. The molecule has 4 rings (SSSR count). The van der Waals surface area contributed by atoms with Crippen molar-refractivity contribution >= 4 is 41.5 Å². The molecule has 0 atom stereocenters. The standard InChI is InChI=1S/C20H27ClN6.HI/c1-2-22-19(23-13-18-26-25-17-8-3-4-11-27(17)18)24-14-20(9-10-20)15-6-5-7-16(21)12-15;/h5-7,12H,2-4,8-11,13-14H2,1H3,(H2,22,23,24);1H. The SMILES string of the molecule is CCNC(=NCc1nnc2n1CCCC2)NCC1(c2cccc(Cl)c2)CC1.I. The lowest BCUT2D eigenvalue weighted by atomic mass is 9.96. The van der Waals surface area contributed by atoms with Gasteiger partial charge in [0.05, 0.1) is 0 Å². The zero-order chi connectivity index (χ0) is 18.7. The molecule has 2 N–H and O–H groups in total. The van der Waals surface area contributed by atoms with E-state index < -0.39 is 0 Å². The van der Waals surface area contributed by atoms with Crippen LogP contribution in [0.2, 0.25) is 5.02 Å². The summed E-state index contributed by atoms with van der Waals surface area (Å²) in [6, 6.07) is 8.22. The van der Waals surface area contributed by atoms with E-state index in [9.17, 15) is 0 Å². The second-order valence-corrected chi connectivity index (χ2v) is 7.92. The molecule has 0 spiro atoms. The number of hydrogen-bond acceptors (Lipinski definition) is 3. The van der Waals surface area contributed by atoms with Gasteiger partial charge >= 0.3 is 0 Å². The fraction of sp³-hybridized carbons (Fsp3) is 0.550. The normalized spacial score (nSPS) is 17.4. The topological polar surface area (TPSA) is 67.1 Å². The van der Waals surface area contributed by atoms with Crippen LogP contribution in [0.5, 0.6) is 0 Å². The molecular formula is C20H28ClIN6. The first-order valence-corrected chi connectivity index (χ1v) is 10.3. The summed E-state index contributed by atoms with van der Waals surface area (Å²) in [5.74, 6) is 2.89. The van der Waals surface area contributed by atoms with Gasteiger partial charge in [0.2, 0.25) is 0 Å². The van der Waals surface area contributed by atoms with Crippen LogP contribution in [0.25, 0.3) is 0 Å². The maximum absolute atomic E-state index is 6.18. The molecule has 1 aliphatic carbocycles. The summed E-state index contributed by atoms with van der Waals surface area (Å²) in [6.45, 7) is 5.33. The monoisotopic (exact) mass is 514 g/mol. The van der Waals surface area contributed by atoms with E-state index in [0.717, 1.165) is 48.7 Å². The van der Waals surface area contributed by atoms with E-state index in [0.29, 0.717) is 6.54 Å². The third-order valence-electron chi connectivity index (χ3n) is 5.54. The molecule has 28 heavy (non-hydrogen) atoms. The Kier molecular flexibility index (Phi) is 7.20. The molecule has 1 aliphatic heterocycles. The van der Waals surface area contributed by atoms with Crippen molar-refractivity contribution in [1.29, 1.82) is 0 Å². The number of halogens is 2. The zero-order valence-corrected chi connectivity index (χ0v) is 19.3. The van der Waals surface area contributed by atoms with Crippen LogP contribution in [0.15, 0.2) is 29.3 Å². The first-order chi connectivity index (χ1) is 13.2. The van der Waals surface area contributed by atoms with Crippen LogP contribution in [0.4, 0.5) is 0 Å². The number of fused-ring (bicyclic) bond motifs is 1. The molecule has 1 aromatic carbocycles. The van der Waals surface area contributed by atoms with Gasteiger partial charge in [0.15, 0.2) is 11.8 Å². The fourth-order valence-corrected chi connectivity index (χ4v) is 3.96. The summed E-state index contributed by atoms with van der Waals surface area (Å²) in [7, 11) is 0. The molecule has 1 aromatic heterocycles. The summed E-state index contributed by atoms with van der Waals surface area (Å²) in [6.07, 6.45) is 5.78. The smallest absolute Gasteiger partial charge is 0.191 e. The van der Waals surface area contributed by atoms with E-state index in [4.69, 9.17) is 16.6 Å². The van der Waals surface area contributed by atoms with E-state index in [1.807, 2.05) is 12.1 Å². The average molecular weight is 515 g/mol. The fourth-order valence-electron chi connectivity index (χ4n) is 3.77. The van der Waals surface area contributed by atoms with Gasteiger partial charge in [-0.25, -0.2) is 4.99 Å². The first-order valence-electron chi connectivity index (χ1n) is 9.89. The maximum Gasteiger partial charge on any atom is 0.191 e. The molecule has 0 unspecified atom stereocenters. The van der Waals surface area contributed by atoms with Crippen molar-refractivity contribution in [1.82, 2.24) is 25.4 Å². The van der Waals surface area contributed by atoms with Crippen molar-refractivity contribution in [2.24, 2.45) is 4.99 Å². The minimum Gasteiger partial charge on any atom is -0.357 e. The van der Waals surface area contributed by atoms with Gasteiger partial charge < -0.3 is 15.2 Å². The molecule has 2 aromatic rings. The number of aromatic nitrogens is 3. The summed E-state index contributed by atoms with van der Waals surface area (Å²) < 4.78 is 2.23. The molecule has 1 fully saturated rings. The lowest BCUT2D eigenvalue weighted by Gasteiger charge is -2.19. The Morgan fingerprint density at radius 1 is 1.25 bits per heavy atom. The van der Waals surface area contributed by atoms with Crippen molar-refractivity contribution in [3.8, 4) is 0 Å². The summed E-state index contributed by atoms with van der Waals surface area (Å²) in [5.41, 5.74) is 1.49. The number of aryl methyl sites for hydroxylation is 1. The quantitative estimate of drug-likeness (QED) is 0.351. The van der Waals surface area contributed by atoms with Gasteiger partial charge in [-0.05, 0) is 50.3 Å². The number of rotatable bonds is 6. The van der Waals surface area contributed by atoms with Crippen molar-refractivity contribution in [3.05, 3.63) is 46.5 Å². The molecule has 8 heteroatoms. The van der Waals surface area contributed by atoms with Gasteiger partial charge in [-0.3, -0.25) is 0 Å². The molecule has 2 aliphatic rings. The number of benzene rings is 1. The number of aliphatic imine (C=N–C) groups is 1. The molecule has 0 radical (unpaired) electrons. The Balaban J connectivity index is 0.00000225. The van der Waals surface area contributed by atoms with E-state index in [1.165, 1.54) is 31.2 Å². The van der Waals surface area contributed by atoms with Crippen LogP contribution in [0.1, 0.15) is 49.8 Å². The van der Waals surface area contributed by atoms with Crippen LogP contribution in [0.3, 0.4) is 0 Å². The van der Waals surface area contributed by atoms with E-state index in [2.05, 4.69) is 44.5 Å². The highest BCUT2D eigenvalue weighted by atomic mass is 127. The highest BCUT2D eigenvalue weighted by molar-refractivity contribution is 14.0. The zero-order valence-electron chi connectivity index (χ0n) is 16.2. The number of nitrogens with zero attached hydrogens (tertiary/aromatic N) is 4. The van der Waals surface area contributed by atoms with Crippen molar-refractivity contribution in [3.63, 3.8) is 0 Å². The predicted octanol–water partition coefficient (Wildman–Crippen LogP) is 3.67. The van der Waals surface area contributed by atoms with Gasteiger partial charge in [0.25, 0.3) is 0 Å². The Hall–Kier alpha value is -1.35. The second kappa shape index (κ2) is 9.43. The van der Waals surface area contributed by atoms with Crippen molar-refractivity contribution in [2.75, 3.05) is 13.1 Å². The maximum atomic E-state index is 6.18. The molecular weight excluding hydrogens is 487 g/mol. The highest BCUT2D eigenvalue weighted by Crippen LogP contribution is 2.48. The van der Waals surface area contributed by atoms with E-state index >= 15 is 0 Å². The van der Waals surface area contributed by atoms with E-state index in [1.54, 1.807) is 0 Å². The lowest BCUT2D eigenvalue weighted by Crippen LogP contribution is -2.41. The van der Waals surface area contributed by atoms with Crippen LogP contribution in [0, 0.1) is 0 Å². The Bertz CT molecular complexity index is 830. The van der Waals surface area contributed by atoms with Gasteiger partial charge in [-0.15, -0.1) is 34.2 Å². The molecule has 2 heterocycles. The molecule has 6 nitrogen and oxygen atoms in total. The lowest BCUT2D eigenvalue weighted by molar-refractivity contribution is 0.508. The Morgan fingerprint density at radius 3 is 2.86 bits per heavy atom. The van der Waals surface area contributed by atoms with Crippen molar-refractivity contribution in [2.45, 2.75) is 57.5 Å². The number of guanidine groups is 1. The van der Waals surface area contributed by atoms with Crippen LogP contribution in [-0.2, 0) is 24.9 Å². The minimum atomic E-state index is 0. The molecule has 1 saturated carbocycles. The molecule has 0 amide bonds. The van der Waals surface area contributed by atoms with Gasteiger partial charge in [0.1, 0.15) is 12.4 Å². The molecule has 152 valence electrons. The molecule has 0 saturated heterocycles.